The van der Waals surface area contributed by atoms with Gasteiger partial charge in [-0.1, -0.05) is 46.4 Å². The summed E-state index contributed by atoms with van der Waals surface area (Å²) >= 11 is 24.2. The van der Waals surface area contributed by atoms with E-state index in [1.165, 1.54) is 0 Å². The van der Waals surface area contributed by atoms with E-state index in [4.69, 9.17) is 46.4 Å². The van der Waals surface area contributed by atoms with Crippen LogP contribution in [0.5, 0.6) is 0 Å². The van der Waals surface area contributed by atoms with Gasteiger partial charge in [0.15, 0.2) is 20.2 Å². The molecule has 0 heterocycles. The molecule has 3 aliphatic rings. The van der Waals surface area contributed by atoms with Crippen LogP contribution in [0.4, 0.5) is 0 Å². The van der Waals surface area contributed by atoms with E-state index in [2.05, 4.69) is 0 Å². The van der Waals surface area contributed by atoms with Gasteiger partial charge in [0.05, 0.1) is 0 Å². The van der Waals surface area contributed by atoms with Crippen molar-refractivity contribution < 1.29 is 9.59 Å². The molecule has 2 nitrogen and oxygen atoms in total. The molecule has 0 saturated heterocycles. The number of halogens is 4. The zero-order valence-corrected chi connectivity index (χ0v) is 12.5. The number of hydrogen-bond donors (Lipinski definition) is 0. The molecule has 0 aromatic rings. The van der Waals surface area contributed by atoms with Gasteiger partial charge in [0.25, 0.3) is 0 Å². The number of Topliss-reactive ketones (excluding diaryl/α,β-unsaturated/α-hetero) is 2. The van der Waals surface area contributed by atoms with Crippen molar-refractivity contribution in [1.82, 2.24) is 0 Å². The van der Waals surface area contributed by atoms with Crippen LogP contribution in [-0.2, 0) is 9.59 Å². The average molecular weight is 330 g/mol. The third-order valence-corrected chi connectivity index (χ3v) is 6.68. The van der Waals surface area contributed by atoms with Crippen LogP contribution in [0, 0.1) is 23.7 Å². The summed E-state index contributed by atoms with van der Waals surface area (Å²) in [6.07, 6.45) is 2.75. The smallest absolute Gasteiger partial charge is 0.179 e. The van der Waals surface area contributed by atoms with Gasteiger partial charge in [-0.2, -0.15) is 0 Å². The van der Waals surface area contributed by atoms with E-state index >= 15 is 0 Å². The van der Waals surface area contributed by atoms with Crippen LogP contribution in [0.15, 0.2) is 0 Å². The van der Waals surface area contributed by atoms with E-state index in [1.807, 2.05) is 0 Å². The van der Waals surface area contributed by atoms with Gasteiger partial charge in [0, 0.05) is 23.7 Å². The predicted molar refractivity (Wildman–Crippen MR) is 71.3 cm³/mol. The van der Waals surface area contributed by atoms with E-state index in [9.17, 15) is 9.59 Å². The van der Waals surface area contributed by atoms with Crippen LogP contribution in [0.25, 0.3) is 0 Å². The van der Waals surface area contributed by atoms with Crippen LogP contribution in [0.1, 0.15) is 25.7 Å². The molecular weight excluding hydrogens is 318 g/mol. The lowest BCUT2D eigenvalue weighted by Gasteiger charge is -2.53. The molecule has 0 aromatic carbocycles. The topological polar surface area (TPSA) is 34.1 Å². The van der Waals surface area contributed by atoms with Crippen molar-refractivity contribution in [2.24, 2.45) is 23.7 Å². The quantitative estimate of drug-likeness (QED) is 0.637. The van der Waals surface area contributed by atoms with Crippen LogP contribution in [-0.4, -0.2) is 20.2 Å². The SMILES string of the molecule is O=C1[C@@H]2CC[C@H]3C(=O)C(Cl)(Cl)[C@H]3CC[C@H]2C1(Cl)Cl. The lowest BCUT2D eigenvalue weighted by Crippen LogP contribution is -2.61. The lowest BCUT2D eigenvalue weighted by molar-refractivity contribution is -0.144. The minimum absolute atomic E-state index is 0.0193. The van der Waals surface area contributed by atoms with Crippen molar-refractivity contribution in [2.75, 3.05) is 0 Å². The number of hydrogen-bond acceptors (Lipinski definition) is 2. The largest absolute Gasteiger partial charge is 0.296 e. The number of carbonyl (C=O) groups excluding carboxylic acids is 2. The highest BCUT2D eigenvalue weighted by Gasteiger charge is 2.65. The van der Waals surface area contributed by atoms with Crippen molar-refractivity contribution in [3.8, 4) is 0 Å². The highest BCUT2D eigenvalue weighted by atomic mass is 35.5. The molecule has 3 fully saturated rings. The van der Waals surface area contributed by atoms with Crippen LogP contribution >= 0.6 is 46.4 Å². The number of fused-ring (bicyclic) bond motifs is 2. The van der Waals surface area contributed by atoms with Crippen LogP contribution in [0.3, 0.4) is 0 Å². The van der Waals surface area contributed by atoms with Crippen molar-refractivity contribution in [3.63, 3.8) is 0 Å². The molecule has 4 atom stereocenters. The van der Waals surface area contributed by atoms with E-state index in [-0.39, 0.29) is 35.2 Å². The lowest BCUT2D eigenvalue weighted by atomic mass is 9.58. The Morgan fingerprint density at radius 3 is 1.39 bits per heavy atom. The first-order valence-electron chi connectivity index (χ1n) is 6.12. The van der Waals surface area contributed by atoms with Gasteiger partial charge in [-0.15, -0.1) is 0 Å². The Morgan fingerprint density at radius 1 is 0.722 bits per heavy atom. The molecule has 6 heteroatoms. The summed E-state index contributed by atoms with van der Waals surface area (Å²) in [6.45, 7) is 0. The van der Waals surface area contributed by atoms with E-state index < -0.39 is 8.67 Å². The summed E-state index contributed by atoms with van der Waals surface area (Å²) in [4.78, 5) is 23.6. The minimum atomic E-state index is -1.24. The molecule has 0 amide bonds. The Balaban J connectivity index is 1.78. The summed E-state index contributed by atoms with van der Waals surface area (Å²) in [7, 11) is 0. The third kappa shape index (κ3) is 1.55. The monoisotopic (exact) mass is 328 g/mol. The molecule has 0 unspecified atom stereocenters. The number of carbonyl (C=O) groups is 2. The van der Waals surface area contributed by atoms with E-state index in [0.717, 1.165) is 0 Å². The molecule has 0 N–H and O–H groups in total. The zero-order chi connectivity index (χ0) is 13.3. The fourth-order valence-corrected chi connectivity index (χ4v) is 5.29. The maximum absolute atomic E-state index is 11.8. The highest BCUT2D eigenvalue weighted by Crippen LogP contribution is 2.60. The fourth-order valence-electron chi connectivity index (χ4n) is 3.69. The van der Waals surface area contributed by atoms with Gasteiger partial charge in [-0.3, -0.25) is 9.59 Å². The average Bonchev–Trinajstić information content (AvgIpc) is 2.28. The molecule has 100 valence electrons. The number of ketones is 2. The summed E-state index contributed by atoms with van der Waals surface area (Å²) < 4.78 is -2.49. The minimum Gasteiger partial charge on any atom is -0.296 e. The first kappa shape index (κ1) is 13.5. The Morgan fingerprint density at radius 2 is 1.06 bits per heavy atom. The molecule has 3 rings (SSSR count). The standard InChI is InChI=1S/C12H12Cl4O2/c13-11(14)7-3-4-8-6(10(18)12(8,15)16)2-1-5(7)9(11)17/h5-8H,1-4H2/t5-,6-,7-,8+/m1/s1. The molecule has 3 saturated carbocycles. The van der Waals surface area contributed by atoms with Gasteiger partial charge in [-0.25, -0.2) is 0 Å². The Hall–Kier alpha value is 0.500. The van der Waals surface area contributed by atoms with Crippen molar-refractivity contribution in [2.45, 2.75) is 34.3 Å². The maximum atomic E-state index is 11.8. The van der Waals surface area contributed by atoms with Crippen molar-refractivity contribution >= 4 is 58.0 Å². The molecule has 0 bridgehead atoms. The van der Waals surface area contributed by atoms with E-state index in [0.29, 0.717) is 25.7 Å². The predicted octanol–water partition coefficient (Wildman–Crippen LogP) is 3.54. The summed E-state index contributed by atoms with van der Waals surface area (Å²) in [6, 6.07) is 0. The normalized spacial score (nSPS) is 44.9. The summed E-state index contributed by atoms with van der Waals surface area (Å²) in [5, 5.41) is 0. The highest BCUT2D eigenvalue weighted by molar-refractivity contribution is 6.61. The second kappa shape index (κ2) is 4.00. The first-order valence-corrected chi connectivity index (χ1v) is 7.63. The van der Waals surface area contributed by atoms with Crippen molar-refractivity contribution in [3.05, 3.63) is 0 Å². The molecule has 0 aliphatic heterocycles. The van der Waals surface area contributed by atoms with E-state index in [1.54, 1.807) is 0 Å². The van der Waals surface area contributed by atoms with Crippen LogP contribution in [0.2, 0.25) is 0 Å². The summed E-state index contributed by atoms with van der Waals surface area (Å²) in [5.41, 5.74) is 0. The Kier molecular flexibility index (Phi) is 3.00. The summed E-state index contributed by atoms with van der Waals surface area (Å²) in [5.74, 6) is -0.403. The van der Waals surface area contributed by atoms with Crippen molar-refractivity contribution in [1.29, 1.82) is 0 Å². The molecule has 3 aliphatic carbocycles. The molecule has 0 radical (unpaired) electrons. The second-order valence-corrected chi connectivity index (χ2v) is 8.33. The Bertz CT molecular complexity index is 392. The van der Waals surface area contributed by atoms with Gasteiger partial charge in [0.2, 0.25) is 0 Å². The maximum Gasteiger partial charge on any atom is 0.179 e. The number of alkyl halides is 4. The molecule has 18 heavy (non-hydrogen) atoms. The van der Waals surface area contributed by atoms with Crippen LogP contribution < -0.4 is 0 Å². The third-order valence-electron chi connectivity index (χ3n) is 4.81. The van der Waals surface area contributed by atoms with Gasteiger partial charge in [-0.05, 0) is 25.7 Å². The molecular formula is C12H12Cl4O2. The first-order chi connectivity index (χ1) is 8.28. The second-order valence-electron chi connectivity index (χ2n) is 5.56. The fraction of sp³-hybridized carbons (Fsp3) is 0.833. The Labute approximate surface area is 125 Å². The molecule has 0 aromatic heterocycles. The van der Waals surface area contributed by atoms with Gasteiger partial charge >= 0.3 is 0 Å². The van der Waals surface area contributed by atoms with Gasteiger partial charge in [0.1, 0.15) is 0 Å². The number of rotatable bonds is 0. The van der Waals surface area contributed by atoms with Gasteiger partial charge < -0.3 is 0 Å². The molecule has 0 spiro atoms. The zero-order valence-electron chi connectivity index (χ0n) is 9.47.